The van der Waals surface area contributed by atoms with Crippen LogP contribution in [0.2, 0.25) is 0 Å². The molecule has 6 nitrogen and oxygen atoms in total. The van der Waals surface area contributed by atoms with Gasteiger partial charge in [-0.1, -0.05) is 0 Å². The first-order valence-electron chi connectivity index (χ1n) is 5.64. The molecule has 0 radical (unpaired) electrons. The maximum Gasteiger partial charge on any atom is 0.280 e. The maximum absolute atomic E-state index is 12.2. The number of nitro benzene ring substituents is 1. The lowest BCUT2D eigenvalue weighted by molar-refractivity contribution is -0.383. The topological polar surface area (TPSA) is 78.0 Å². The smallest absolute Gasteiger partial charge is 0.280 e. The number of hydrogen-bond donors (Lipinski definition) is 0. The van der Waals surface area contributed by atoms with E-state index in [-0.39, 0.29) is 11.0 Å². The van der Waals surface area contributed by atoms with Crippen LogP contribution in [0.25, 0.3) is 5.69 Å². The Morgan fingerprint density at radius 1 is 1.37 bits per heavy atom. The van der Waals surface area contributed by atoms with E-state index >= 15 is 0 Å². The standard InChI is InChI=1S/C12H14N3O3P/c1-9-7-13-14(8-9)10-4-5-11(15(16)17)12(6-10)19(2,3)18/h4-8H,1-3H3. The molecule has 0 aliphatic rings. The molecule has 19 heavy (non-hydrogen) atoms. The number of aromatic nitrogens is 2. The second-order valence-corrected chi connectivity index (χ2v) is 7.93. The molecular weight excluding hydrogens is 265 g/mol. The van der Waals surface area contributed by atoms with Crippen molar-refractivity contribution in [3.63, 3.8) is 0 Å². The van der Waals surface area contributed by atoms with Crippen molar-refractivity contribution in [2.45, 2.75) is 6.92 Å². The normalized spacial score (nSPS) is 11.5. The lowest BCUT2D eigenvalue weighted by Gasteiger charge is -2.10. The van der Waals surface area contributed by atoms with Crippen molar-refractivity contribution in [1.29, 1.82) is 0 Å². The molecule has 2 aromatic rings. The zero-order valence-electron chi connectivity index (χ0n) is 10.9. The molecule has 0 atom stereocenters. The molecule has 0 unspecified atom stereocenters. The summed E-state index contributed by atoms with van der Waals surface area (Å²) in [4.78, 5) is 10.5. The molecule has 100 valence electrons. The van der Waals surface area contributed by atoms with E-state index in [1.165, 1.54) is 19.4 Å². The van der Waals surface area contributed by atoms with Gasteiger partial charge in [0, 0.05) is 12.3 Å². The Morgan fingerprint density at radius 3 is 2.53 bits per heavy atom. The van der Waals surface area contributed by atoms with Crippen molar-refractivity contribution < 1.29 is 9.49 Å². The minimum atomic E-state index is -2.73. The summed E-state index contributed by atoms with van der Waals surface area (Å²) in [5, 5.41) is 15.4. The third kappa shape index (κ3) is 2.74. The predicted molar refractivity (Wildman–Crippen MR) is 74.0 cm³/mol. The van der Waals surface area contributed by atoms with E-state index in [1.54, 1.807) is 29.2 Å². The Bertz CT molecular complexity index is 687. The molecule has 0 spiro atoms. The number of rotatable bonds is 3. The zero-order valence-corrected chi connectivity index (χ0v) is 11.8. The van der Waals surface area contributed by atoms with Gasteiger partial charge in [0.25, 0.3) is 5.69 Å². The van der Waals surface area contributed by atoms with Gasteiger partial charge in [0.1, 0.15) is 7.14 Å². The largest absolute Gasteiger partial charge is 0.319 e. The van der Waals surface area contributed by atoms with E-state index in [0.29, 0.717) is 5.69 Å². The summed E-state index contributed by atoms with van der Waals surface area (Å²) in [5.74, 6) is 0. The lowest BCUT2D eigenvalue weighted by Crippen LogP contribution is -2.11. The van der Waals surface area contributed by atoms with Crippen LogP contribution in [0.15, 0.2) is 30.6 Å². The van der Waals surface area contributed by atoms with Crippen LogP contribution >= 0.6 is 7.14 Å². The van der Waals surface area contributed by atoms with Crippen molar-refractivity contribution in [2.75, 3.05) is 13.3 Å². The van der Waals surface area contributed by atoms with Crippen LogP contribution in [0.4, 0.5) is 5.69 Å². The highest BCUT2D eigenvalue weighted by atomic mass is 31.2. The molecule has 0 fully saturated rings. The molecule has 1 aromatic carbocycles. The fourth-order valence-corrected chi connectivity index (χ4v) is 2.95. The minimum Gasteiger partial charge on any atom is -0.319 e. The van der Waals surface area contributed by atoms with Crippen molar-refractivity contribution in [3.05, 3.63) is 46.3 Å². The Kier molecular flexibility index (Phi) is 3.28. The van der Waals surface area contributed by atoms with Crippen LogP contribution in [0, 0.1) is 17.0 Å². The molecule has 0 bridgehead atoms. The molecule has 2 rings (SSSR count). The fraction of sp³-hybridized carbons (Fsp3) is 0.250. The van der Waals surface area contributed by atoms with Crippen molar-refractivity contribution in [2.24, 2.45) is 0 Å². The van der Waals surface area contributed by atoms with Gasteiger partial charge in [-0.2, -0.15) is 5.10 Å². The lowest BCUT2D eigenvalue weighted by atomic mass is 10.3. The minimum absolute atomic E-state index is 0.110. The average molecular weight is 279 g/mol. The molecule has 1 aromatic heterocycles. The summed E-state index contributed by atoms with van der Waals surface area (Å²) in [6.07, 6.45) is 3.50. The first-order chi connectivity index (χ1) is 8.79. The summed E-state index contributed by atoms with van der Waals surface area (Å²) in [6, 6.07) is 4.55. The average Bonchev–Trinajstić information content (AvgIpc) is 2.74. The van der Waals surface area contributed by atoms with Gasteiger partial charge in [-0.3, -0.25) is 10.1 Å². The Morgan fingerprint density at radius 2 is 2.05 bits per heavy atom. The molecule has 0 amide bonds. The summed E-state index contributed by atoms with van der Waals surface area (Å²) >= 11 is 0. The molecule has 0 aliphatic heterocycles. The van der Waals surface area contributed by atoms with Gasteiger partial charge in [-0.25, -0.2) is 4.68 Å². The van der Waals surface area contributed by atoms with Crippen molar-refractivity contribution in [3.8, 4) is 5.69 Å². The second-order valence-electron chi connectivity index (χ2n) is 4.74. The van der Waals surface area contributed by atoms with Crippen LogP contribution in [0.1, 0.15) is 5.56 Å². The molecule has 0 aliphatic carbocycles. The van der Waals surface area contributed by atoms with E-state index in [1.807, 2.05) is 6.92 Å². The van der Waals surface area contributed by atoms with Gasteiger partial charge in [-0.05, 0) is 37.9 Å². The predicted octanol–water partition coefficient (Wildman–Crippen LogP) is 2.34. The van der Waals surface area contributed by atoms with Crippen LogP contribution < -0.4 is 5.30 Å². The van der Waals surface area contributed by atoms with Crippen molar-refractivity contribution >= 4 is 18.1 Å². The van der Waals surface area contributed by atoms with E-state index in [9.17, 15) is 14.7 Å². The van der Waals surface area contributed by atoms with Gasteiger partial charge >= 0.3 is 0 Å². The van der Waals surface area contributed by atoms with E-state index in [0.717, 1.165) is 5.56 Å². The second kappa shape index (κ2) is 4.63. The molecule has 7 heteroatoms. The fourth-order valence-electron chi connectivity index (χ4n) is 1.79. The number of hydrogen-bond acceptors (Lipinski definition) is 4. The van der Waals surface area contributed by atoms with Crippen LogP contribution in [-0.4, -0.2) is 28.0 Å². The van der Waals surface area contributed by atoms with E-state index in [4.69, 9.17) is 0 Å². The molecular formula is C12H14N3O3P. The SMILES string of the molecule is Cc1cnn(-c2ccc([N+](=O)[O-])c(P(C)(C)=O)c2)c1. The Balaban J connectivity index is 2.62. The number of benzene rings is 1. The number of nitro groups is 1. The highest BCUT2D eigenvalue weighted by Crippen LogP contribution is 2.39. The molecule has 0 saturated carbocycles. The van der Waals surface area contributed by atoms with E-state index in [2.05, 4.69) is 5.10 Å². The molecule has 1 heterocycles. The quantitative estimate of drug-likeness (QED) is 0.491. The summed E-state index contributed by atoms with van der Waals surface area (Å²) in [7, 11) is -2.73. The maximum atomic E-state index is 12.2. The molecule has 0 N–H and O–H groups in total. The van der Waals surface area contributed by atoms with Gasteiger partial charge in [0.2, 0.25) is 0 Å². The zero-order chi connectivity index (χ0) is 14.2. The Labute approximate surface area is 110 Å². The highest BCUT2D eigenvalue weighted by molar-refractivity contribution is 7.70. The summed E-state index contributed by atoms with van der Waals surface area (Å²) in [6.45, 7) is 4.95. The number of nitrogens with zero attached hydrogens (tertiary/aromatic N) is 3. The highest BCUT2D eigenvalue weighted by Gasteiger charge is 2.24. The first-order valence-corrected chi connectivity index (χ1v) is 8.25. The van der Waals surface area contributed by atoms with Crippen LogP contribution in [-0.2, 0) is 4.57 Å². The van der Waals surface area contributed by atoms with Gasteiger partial charge in [0.05, 0.1) is 22.1 Å². The van der Waals surface area contributed by atoms with E-state index < -0.39 is 12.1 Å². The molecule has 0 saturated heterocycles. The van der Waals surface area contributed by atoms with Crippen molar-refractivity contribution in [1.82, 2.24) is 9.78 Å². The summed E-state index contributed by atoms with van der Waals surface area (Å²) in [5.41, 5.74) is 1.54. The van der Waals surface area contributed by atoms with Gasteiger partial charge in [0.15, 0.2) is 0 Å². The number of aryl methyl sites for hydroxylation is 1. The third-order valence-electron chi connectivity index (χ3n) is 2.71. The monoisotopic (exact) mass is 279 g/mol. The van der Waals surface area contributed by atoms with Gasteiger partial charge in [-0.15, -0.1) is 0 Å². The Hall–Kier alpha value is -1.94. The van der Waals surface area contributed by atoms with Gasteiger partial charge < -0.3 is 4.57 Å². The van der Waals surface area contributed by atoms with Crippen LogP contribution in [0.3, 0.4) is 0 Å². The third-order valence-corrected chi connectivity index (χ3v) is 4.23. The summed E-state index contributed by atoms with van der Waals surface area (Å²) < 4.78 is 13.8. The van der Waals surface area contributed by atoms with Crippen LogP contribution in [0.5, 0.6) is 0 Å². The first kappa shape index (κ1) is 13.5.